The fraction of sp³-hybridized carbons (Fsp3) is 0.250. The number of nitrogens with zero attached hydrogens (tertiary/aromatic N) is 1. The molecule has 0 bridgehead atoms. The van der Waals surface area contributed by atoms with Crippen LogP contribution in [0, 0.1) is 0 Å². The average Bonchev–Trinajstić information content (AvgIpc) is 3.13. The van der Waals surface area contributed by atoms with Crippen molar-refractivity contribution < 1.29 is 9.59 Å². The van der Waals surface area contributed by atoms with Crippen molar-refractivity contribution >= 4 is 40.1 Å². The lowest BCUT2D eigenvalue weighted by molar-refractivity contribution is 0.0932. The Morgan fingerprint density at radius 1 is 0.829 bits per heavy atom. The highest BCUT2D eigenvalue weighted by atomic mass is 35.5. The molecular formula is C28H27ClN4O2. The van der Waals surface area contributed by atoms with Crippen LogP contribution in [0.25, 0.3) is 22.4 Å². The number of hydrogen-bond donors (Lipinski definition) is 3. The van der Waals surface area contributed by atoms with Gasteiger partial charge in [-0.3, -0.25) is 9.59 Å². The van der Waals surface area contributed by atoms with E-state index in [1.54, 1.807) is 24.3 Å². The van der Waals surface area contributed by atoms with Crippen LogP contribution in [0.15, 0.2) is 66.7 Å². The van der Waals surface area contributed by atoms with Crippen molar-refractivity contribution in [2.24, 2.45) is 0 Å². The number of hydrogen-bond acceptors (Lipinski definition) is 3. The van der Waals surface area contributed by atoms with Crippen molar-refractivity contribution in [1.82, 2.24) is 15.3 Å². The Morgan fingerprint density at radius 3 is 2.23 bits per heavy atom. The highest BCUT2D eigenvalue weighted by Crippen LogP contribution is 2.24. The van der Waals surface area contributed by atoms with Gasteiger partial charge in [0.05, 0.1) is 11.0 Å². The van der Waals surface area contributed by atoms with Gasteiger partial charge in [-0.2, -0.15) is 0 Å². The van der Waals surface area contributed by atoms with E-state index in [4.69, 9.17) is 11.6 Å². The van der Waals surface area contributed by atoms with Gasteiger partial charge in [0.1, 0.15) is 5.82 Å². The number of aromatic nitrogens is 2. The monoisotopic (exact) mass is 486 g/mol. The van der Waals surface area contributed by atoms with Crippen molar-refractivity contribution in [1.29, 1.82) is 0 Å². The fourth-order valence-corrected chi connectivity index (χ4v) is 4.62. The van der Waals surface area contributed by atoms with Crippen LogP contribution in [-0.2, 0) is 0 Å². The van der Waals surface area contributed by atoms with Gasteiger partial charge in [0, 0.05) is 33.4 Å². The van der Waals surface area contributed by atoms with E-state index in [-0.39, 0.29) is 17.9 Å². The number of carbonyl (C=O) groups is 2. The highest BCUT2D eigenvalue weighted by molar-refractivity contribution is 6.30. The zero-order chi connectivity index (χ0) is 24.2. The molecule has 1 fully saturated rings. The van der Waals surface area contributed by atoms with Crippen molar-refractivity contribution in [3.8, 4) is 11.4 Å². The lowest BCUT2D eigenvalue weighted by Gasteiger charge is -2.16. The third-order valence-corrected chi connectivity index (χ3v) is 6.71. The van der Waals surface area contributed by atoms with Gasteiger partial charge in [-0.1, -0.05) is 37.3 Å². The smallest absolute Gasteiger partial charge is 0.255 e. The molecular weight excluding hydrogens is 460 g/mol. The van der Waals surface area contributed by atoms with Gasteiger partial charge in [0.15, 0.2) is 0 Å². The summed E-state index contributed by atoms with van der Waals surface area (Å²) in [6, 6.07) is 20.0. The first kappa shape index (κ1) is 23.1. The molecule has 1 aliphatic rings. The summed E-state index contributed by atoms with van der Waals surface area (Å²) < 4.78 is 0. The minimum absolute atomic E-state index is 0.0317. The van der Waals surface area contributed by atoms with E-state index in [9.17, 15) is 9.59 Å². The molecule has 0 spiro atoms. The highest BCUT2D eigenvalue weighted by Gasteiger charge is 2.17. The molecule has 7 heteroatoms. The standard InChI is InChI=1S/C28H27ClN4O2/c29-21-12-7-19(8-13-21)27(34)31-23-14-9-18(10-15-23)26-32-24-16-11-20(17-25(24)33-26)28(35)30-22-5-3-1-2-4-6-22/h7-17,22H,1-6H2,(H,30,35)(H,31,34)(H,32,33). The van der Waals surface area contributed by atoms with E-state index in [2.05, 4.69) is 20.6 Å². The van der Waals surface area contributed by atoms with Crippen molar-refractivity contribution in [2.45, 2.75) is 44.6 Å². The van der Waals surface area contributed by atoms with Gasteiger partial charge < -0.3 is 15.6 Å². The van der Waals surface area contributed by atoms with Gasteiger partial charge in [-0.25, -0.2) is 4.98 Å². The number of fused-ring (bicyclic) bond motifs is 1. The zero-order valence-electron chi connectivity index (χ0n) is 19.3. The van der Waals surface area contributed by atoms with E-state index in [0.717, 1.165) is 29.4 Å². The minimum atomic E-state index is -0.201. The Labute approximate surface area is 209 Å². The van der Waals surface area contributed by atoms with Gasteiger partial charge in [0.25, 0.3) is 11.8 Å². The topological polar surface area (TPSA) is 86.9 Å². The molecule has 0 atom stereocenters. The first-order valence-corrected chi connectivity index (χ1v) is 12.4. The molecule has 35 heavy (non-hydrogen) atoms. The summed E-state index contributed by atoms with van der Waals surface area (Å²) >= 11 is 5.89. The quantitative estimate of drug-likeness (QED) is 0.278. The second-order valence-corrected chi connectivity index (χ2v) is 9.45. The summed E-state index contributed by atoms with van der Waals surface area (Å²) in [5.41, 5.74) is 4.35. The molecule has 0 radical (unpaired) electrons. The predicted molar refractivity (Wildman–Crippen MR) is 140 cm³/mol. The first-order chi connectivity index (χ1) is 17.0. The third kappa shape index (κ3) is 5.54. The van der Waals surface area contributed by atoms with Gasteiger partial charge in [0.2, 0.25) is 0 Å². The van der Waals surface area contributed by atoms with E-state index in [1.807, 2.05) is 42.5 Å². The maximum Gasteiger partial charge on any atom is 0.255 e. The largest absolute Gasteiger partial charge is 0.349 e. The van der Waals surface area contributed by atoms with Crippen LogP contribution in [0.4, 0.5) is 5.69 Å². The van der Waals surface area contributed by atoms with Gasteiger partial charge >= 0.3 is 0 Å². The van der Waals surface area contributed by atoms with E-state index < -0.39 is 0 Å². The molecule has 1 saturated carbocycles. The summed E-state index contributed by atoms with van der Waals surface area (Å²) in [4.78, 5) is 33.2. The molecule has 6 nitrogen and oxygen atoms in total. The molecule has 178 valence electrons. The number of amides is 2. The van der Waals surface area contributed by atoms with Crippen molar-refractivity contribution in [2.75, 3.05) is 5.32 Å². The van der Waals surface area contributed by atoms with Crippen LogP contribution >= 0.6 is 11.6 Å². The molecule has 3 N–H and O–H groups in total. The molecule has 0 saturated heterocycles. The van der Waals surface area contributed by atoms with Gasteiger partial charge in [-0.05, 0) is 79.6 Å². The number of nitrogens with one attached hydrogen (secondary N) is 3. The number of imidazole rings is 1. The molecule has 1 aliphatic carbocycles. The summed E-state index contributed by atoms with van der Waals surface area (Å²) in [5.74, 6) is 0.473. The first-order valence-electron chi connectivity index (χ1n) is 12.0. The summed E-state index contributed by atoms with van der Waals surface area (Å²) in [6.45, 7) is 0. The van der Waals surface area contributed by atoms with Crippen LogP contribution < -0.4 is 10.6 Å². The van der Waals surface area contributed by atoms with E-state index in [0.29, 0.717) is 27.7 Å². The second kappa shape index (κ2) is 10.3. The predicted octanol–water partition coefficient (Wildman–Crippen LogP) is 6.59. The average molecular weight is 487 g/mol. The maximum atomic E-state index is 12.8. The molecule has 0 aliphatic heterocycles. The Morgan fingerprint density at radius 2 is 1.51 bits per heavy atom. The number of H-pyrrole nitrogens is 1. The van der Waals surface area contributed by atoms with Crippen LogP contribution in [0.3, 0.4) is 0 Å². The Hall–Kier alpha value is -3.64. The lowest BCUT2D eigenvalue weighted by atomic mass is 10.1. The molecule has 1 aromatic heterocycles. The number of halogens is 1. The van der Waals surface area contributed by atoms with Crippen LogP contribution in [0.2, 0.25) is 5.02 Å². The van der Waals surface area contributed by atoms with Crippen molar-refractivity contribution in [3.05, 3.63) is 82.9 Å². The maximum absolute atomic E-state index is 12.8. The zero-order valence-corrected chi connectivity index (χ0v) is 20.1. The van der Waals surface area contributed by atoms with Crippen LogP contribution in [0.1, 0.15) is 59.2 Å². The SMILES string of the molecule is O=C(Nc1ccc(-c2nc3ccc(C(=O)NC4CCCCCC4)cc3[nH]2)cc1)c1ccc(Cl)cc1. The van der Waals surface area contributed by atoms with E-state index >= 15 is 0 Å². The molecule has 5 rings (SSSR count). The number of aromatic amines is 1. The van der Waals surface area contributed by atoms with Crippen molar-refractivity contribution in [3.63, 3.8) is 0 Å². The number of carbonyl (C=O) groups excluding carboxylic acids is 2. The Bertz CT molecular complexity index is 1340. The summed E-state index contributed by atoms with van der Waals surface area (Å²) in [5, 5.41) is 6.67. The Kier molecular flexibility index (Phi) is 6.82. The van der Waals surface area contributed by atoms with Crippen LogP contribution in [-0.4, -0.2) is 27.8 Å². The third-order valence-electron chi connectivity index (χ3n) is 6.46. The molecule has 0 unspecified atom stereocenters. The number of anilines is 1. The summed E-state index contributed by atoms with van der Waals surface area (Å²) in [6.07, 6.45) is 6.97. The van der Waals surface area contributed by atoms with E-state index in [1.165, 1.54) is 25.7 Å². The second-order valence-electron chi connectivity index (χ2n) is 9.02. The molecule has 4 aromatic rings. The lowest BCUT2D eigenvalue weighted by Crippen LogP contribution is -2.34. The summed E-state index contributed by atoms with van der Waals surface area (Å²) in [7, 11) is 0. The fourth-order valence-electron chi connectivity index (χ4n) is 4.50. The van der Waals surface area contributed by atoms with Gasteiger partial charge in [-0.15, -0.1) is 0 Å². The molecule has 2 amide bonds. The minimum Gasteiger partial charge on any atom is -0.349 e. The number of benzene rings is 3. The molecule has 3 aromatic carbocycles. The Balaban J connectivity index is 1.27. The number of rotatable bonds is 5. The normalized spacial score (nSPS) is 14.4. The molecule has 1 heterocycles. The van der Waals surface area contributed by atoms with Crippen LogP contribution in [0.5, 0.6) is 0 Å².